The van der Waals surface area contributed by atoms with Gasteiger partial charge in [-0.3, -0.25) is 14.2 Å². The molecular weight excluding hydrogens is 516 g/mol. The first kappa shape index (κ1) is 27.2. The van der Waals surface area contributed by atoms with Crippen LogP contribution in [0.15, 0.2) is 76.7 Å². The van der Waals surface area contributed by atoms with Crippen LogP contribution < -0.4 is 5.56 Å². The van der Waals surface area contributed by atoms with Gasteiger partial charge < -0.3 is 9.94 Å². The van der Waals surface area contributed by atoms with Crippen molar-refractivity contribution in [2.24, 2.45) is 5.16 Å². The van der Waals surface area contributed by atoms with E-state index in [0.29, 0.717) is 53.8 Å². The first-order chi connectivity index (χ1) is 19.1. The van der Waals surface area contributed by atoms with Crippen molar-refractivity contribution in [1.29, 1.82) is 0 Å². The molecule has 1 aliphatic heterocycles. The molecule has 0 amide bonds. The number of carboxylic acid groups (broad SMARTS) is 1. The zero-order chi connectivity index (χ0) is 28.4. The van der Waals surface area contributed by atoms with E-state index in [1.807, 2.05) is 26.0 Å². The summed E-state index contributed by atoms with van der Waals surface area (Å²) in [7, 11) is 0. The predicted octanol–water partition coefficient (Wildman–Crippen LogP) is 6.15. The Balaban J connectivity index is 1.47. The molecule has 0 spiro atoms. The Hall–Kier alpha value is -4.40. The van der Waals surface area contributed by atoms with E-state index in [-0.39, 0.29) is 23.7 Å². The average molecular weight is 546 g/mol. The Morgan fingerprint density at radius 1 is 1.05 bits per heavy atom. The first-order valence-corrected chi connectivity index (χ1v) is 13.2. The Morgan fingerprint density at radius 3 is 2.40 bits per heavy atom. The van der Waals surface area contributed by atoms with E-state index in [1.54, 1.807) is 18.2 Å². The van der Waals surface area contributed by atoms with Crippen LogP contribution in [0.3, 0.4) is 0 Å². The van der Waals surface area contributed by atoms with Gasteiger partial charge in [0.05, 0.1) is 22.3 Å². The molecule has 0 aliphatic carbocycles. The standard InChI is InChI=1S/C31H29F2N3O4/c1-19(20-7-10-22(32)11-8-20)31(2)18-27(35-40-31)21-9-16-25-26(17-21)34-28(5-3-4-6-29(37)38)36(30(25)39)24-14-12-23(33)13-15-24/h7-17,19H,3-6,18H2,1-2H3,(H,37,38). The monoisotopic (exact) mass is 545 g/mol. The lowest BCUT2D eigenvalue weighted by Gasteiger charge is -2.29. The van der Waals surface area contributed by atoms with E-state index in [2.05, 4.69) is 5.16 Å². The summed E-state index contributed by atoms with van der Waals surface area (Å²) in [5, 5.41) is 13.8. The number of unbranched alkanes of at least 4 members (excludes halogenated alkanes) is 1. The first-order valence-electron chi connectivity index (χ1n) is 13.2. The molecule has 5 rings (SSSR count). The summed E-state index contributed by atoms with van der Waals surface area (Å²) in [6.07, 6.45) is 1.85. The molecule has 0 saturated heterocycles. The Kier molecular flexibility index (Phi) is 7.47. The van der Waals surface area contributed by atoms with Gasteiger partial charge in [0.1, 0.15) is 23.1 Å². The second-order valence-electron chi connectivity index (χ2n) is 10.4. The molecule has 1 aromatic heterocycles. The van der Waals surface area contributed by atoms with Crippen molar-refractivity contribution in [1.82, 2.24) is 9.55 Å². The number of nitrogens with zero attached hydrogens (tertiary/aromatic N) is 3. The van der Waals surface area contributed by atoms with E-state index in [9.17, 15) is 18.4 Å². The van der Waals surface area contributed by atoms with Gasteiger partial charge in [0.2, 0.25) is 0 Å². The molecule has 206 valence electrons. The highest BCUT2D eigenvalue weighted by Crippen LogP contribution is 2.39. The third kappa shape index (κ3) is 5.50. The molecule has 0 bridgehead atoms. The molecule has 0 fully saturated rings. The number of carboxylic acids is 1. The van der Waals surface area contributed by atoms with Gasteiger partial charge in [0.15, 0.2) is 0 Å². The number of fused-ring (bicyclic) bond motifs is 1. The zero-order valence-corrected chi connectivity index (χ0v) is 22.2. The lowest BCUT2D eigenvalue weighted by atomic mass is 9.81. The molecular formula is C31H29F2N3O4. The van der Waals surface area contributed by atoms with Crippen molar-refractivity contribution in [3.8, 4) is 5.69 Å². The van der Waals surface area contributed by atoms with Gasteiger partial charge in [0, 0.05) is 30.7 Å². The normalized spacial score (nSPS) is 17.4. The number of aryl methyl sites for hydroxylation is 1. The van der Waals surface area contributed by atoms with Crippen LogP contribution in [0.25, 0.3) is 16.6 Å². The Bertz CT molecular complexity index is 1650. The fraction of sp³-hybridized carbons (Fsp3) is 0.290. The number of hydrogen-bond acceptors (Lipinski definition) is 5. The molecule has 1 N–H and O–H groups in total. The molecule has 3 aromatic carbocycles. The lowest BCUT2D eigenvalue weighted by Crippen LogP contribution is -2.31. The largest absolute Gasteiger partial charge is 0.481 e. The van der Waals surface area contributed by atoms with Gasteiger partial charge in [0.25, 0.3) is 5.56 Å². The molecule has 1 aliphatic rings. The number of benzene rings is 3. The van der Waals surface area contributed by atoms with E-state index >= 15 is 0 Å². The van der Waals surface area contributed by atoms with Gasteiger partial charge in [-0.2, -0.15) is 0 Å². The SMILES string of the molecule is CC(c1ccc(F)cc1)C1(C)CC(c2ccc3c(=O)n(-c4ccc(F)cc4)c(CCCCC(=O)O)nc3c2)=NO1. The fourth-order valence-electron chi connectivity index (χ4n) is 5.04. The van der Waals surface area contributed by atoms with E-state index < -0.39 is 17.4 Å². The number of aliphatic carboxylic acids is 1. The maximum absolute atomic E-state index is 13.6. The minimum absolute atomic E-state index is 0.0213. The average Bonchev–Trinajstić information content (AvgIpc) is 3.35. The summed E-state index contributed by atoms with van der Waals surface area (Å²) < 4.78 is 28.5. The third-order valence-corrected chi connectivity index (χ3v) is 7.57. The minimum atomic E-state index is -0.882. The van der Waals surface area contributed by atoms with Gasteiger partial charge in [-0.15, -0.1) is 0 Å². The van der Waals surface area contributed by atoms with Crippen molar-refractivity contribution in [3.63, 3.8) is 0 Å². The maximum Gasteiger partial charge on any atom is 0.303 e. The van der Waals surface area contributed by atoms with Crippen LogP contribution in [0.4, 0.5) is 8.78 Å². The predicted molar refractivity (Wildman–Crippen MR) is 148 cm³/mol. The molecule has 7 nitrogen and oxygen atoms in total. The molecule has 0 radical (unpaired) electrons. The van der Waals surface area contributed by atoms with Crippen LogP contribution in [-0.4, -0.2) is 31.9 Å². The van der Waals surface area contributed by atoms with E-state index in [0.717, 1.165) is 11.1 Å². The highest BCUT2D eigenvalue weighted by molar-refractivity contribution is 6.04. The van der Waals surface area contributed by atoms with Crippen LogP contribution in [0, 0.1) is 11.6 Å². The smallest absolute Gasteiger partial charge is 0.303 e. The summed E-state index contributed by atoms with van der Waals surface area (Å²) in [4.78, 5) is 35.3. The van der Waals surface area contributed by atoms with Gasteiger partial charge in [-0.25, -0.2) is 13.8 Å². The number of carbonyl (C=O) groups is 1. The van der Waals surface area contributed by atoms with Crippen molar-refractivity contribution in [2.75, 3.05) is 0 Å². The van der Waals surface area contributed by atoms with Crippen LogP contribution in [0.1, 0.15) is 62.4 Å². The summed E-state index contributed by atoms with van der Waals surface area (Å²) in [5.41, 5.74) is 2.45. The molecule has 2 heterocycles. The molecule has 9 heteroatoms. The van der Waals surface area contributed by atoms with Crippen LogP contribution in [0.2, 0.25) is 0 Å². The van der Waals surface area contributed by atoms with E-state index in [4.69, 9.17) is 14.9 Å². The number of oxime groups is 1. The number of hydrogen-bond donors (Lipinski definition) is 1. The summed E-state index contributed by atoms with van der Waals surface area (Å²) in [5.74, 6) is -1.20. The molecule has 40 heavy (non-hydrogen) atoms. The summed E-state index contributed by atoms with van der Waals surface area (Å²) in [6.45, 7) is 3.98. The van der Waals surface area contributed by atoms with Crippen molar-refractivity contribution >= 4 is 22.6 Å². The molecule has 2 unspecified atom stereocenters. The van der Waals surface area contributed by atoms with Crippen LogP contribution >= 0.6 is 0 Å². The molecule has 0 saturated carbocycles. The summed E-state index contributed by atoms with van der Waals surface area (Å²) >= 11 is 0. The number of aromatic nitrogens is 2. The van der Waals surface area contributed by atoms with Crippen molar-refractivity contribution in [3.05, 3.63) is 106 Å². The minimum Gasteiger partial charge on any atom is -0.481 e. The Morgan fingerprint density at radius 2 is 1.73 bits per heavy atom. The van der Waals surface area contributed by atoms with Crippen LogP contribution in [0.5, 0.6) is 0 Å². The molecule has 4 aromatic rings. The molecule has 2 atom stereocenters. The number of rotatable bonds is 9. The lowest BCUT2D eigenvalue weighted by molar-refractivity contribution is -0.137. The van der Waals surface area contributed by atoms with Crippen molar-refractivity contribution in [2.45, 2.75) is 57.5 Å². The Labute approximate surface area is 229 Å². The van der Waals surface area contributed by atoms with Crippen LogP contribution in [-0.2, 0) is 16.1 Å². The van der Waals surface area contributed by atoms with E-state index in [1.165, 1.54) is 41.0 Å². The number of halogens is 2. The second kappa shape index (κ2) is 11.0. The van der Waals surface area contributed by atoms with Gasteiger partial charge in [-0.05, 0) is 73.9 Å². The highest BCUT2D eigenvalue weighted by Gasteiger charge is 2.40. The third-order valence-electron chi connectivity index (χ3n) is 7.57. The second-order valence-corrected chi connectivity index (χ2v) is 10.4. The summed E-state index contributed by atoms with van der Waals surface area (Å²) in [6, 6.07) is 17.3. The quantitative estimate of drug-likeness (QED) is 0.255. The fourth-order valence-corrected chi connectivity index (χ4v) is 5.04. The van der Waals surface area contributed by atoms with Gasteiger partial charge in [-0.1, -0.05) is 30.3 Å². The topological polar surface area (TPSA) is 93.8 Å². The maximum atomic E-state index is 13.6. The zero-order valence-electron chi connectivity index (χ0n) is 22.2. The highest BCUT2D eigenvalue weighted by atomic mass is 19.1. The van der Waals surface area contributed by atoms with Crippen molar-refractivity contribution < 1.29 is 23.5 Å². The van der Waals surface area contributed by atoms with Gasteiger partial charge >= 0.3 is 5.97 Å².